The molecule has 0 aromatic rings. The molecule has 0 aliphatic heterocycles. The van der Waals surface area contributed by atoms with Crippen molar-refractivity contribution in [3.63, 3.8) is 0 Å². The lowest BCUT2D eigenvalue weighted by Crippen LogP contribution is -2.41. The molecular formula is C13H21N3O5. The lowest BCUT2D eigenvalue weighted by molar-refractivity contribution is -0.152. The molecule has 0 unspecified atom stereocenters. The second kappa shape index (κ2) is 6.99. The Balaban J connectivity index is 4.60. The van der Waals surface area contributed by atoms with Crippen molar-refractivity contribution in [2.24, 2.45) is 0 Å². The van der Waals surface area contributed by atoms with E-state index in [-0.39, 0.29) is 0 Å². The third-order valence-corrected chi connectivity index (χ3v) is 1.75. The van der Waals surface area contributed by atoms with Crippen LogP contribution in [0.2, 0.25) is 0 Å². The average Bonchev–Trinajstić information content (AvgIpc) is 2.22. The number of Topliss-reactive ketones (excluding diaryl/α,β-unsaturated/α-hetero) is 1. The molecule has 0 radical (unpaired) electrons. The minimum atomic E-state index is -1.07. The molecule has 0 saturated carbocycles. The molecule has 0 bridgehead atoms. The predicted octanol–water partition coefficient (Wildman–Crippen LogP) is 1.09. The van der Waals surface area contributed by atoms with Crippen LogP contribution in [0, 0.1) is 0 Å². The van der Waals surface area contributed by atoms with Crippen LogP contribution in [-0.4, -0.2) is 46.1 Å². The molecule has 1 N–H and O–H groups in total. The smallest absolute Gasteiger partial charge is 0.443 e. The Kier molecular flexibility index (Phi) is 6.25. The maximum Gasteiger partial charge on any atom is 0.443 e. The zero-order chi connectivity index (χ0) is 16.8. The van der Waals surface area contributed by atoms with Gasteiger partial charge in [0.1, 0.15) is 11.2 Å². The third-order valence-electron chi connectivity index (χ3n) is 1.75. The molecule has 8 nitrogen and oxygen atoms in total. The summed E-state index contributed by atoms with van der Waals surface area (Å²) in [7, 11) is 0. The van der Waals surface area contributed by atoms with Gasteiger partial charge in [-0.15, -0.1) is 0 Å². The highest BCUT2D eigenvalue weighted by atomic mass is 16.6. The van der Waals surface area contributed by atoms with Gasteiger partial charge in [0.05, 0.1) is 6.54 Å². The van der Waals surface area contributed by atoms with Crippen LogP contribution in [0.15, 0.2) is 0 Å². The first-order chi connectivity index (χ1) is 9.35. The van der Waals surface area contributed by atoms with E-state index in [2.05, 4.69) is 10.1 Å². The van der Waals surface area contributed by atoms with E-state index in [1.807, 2.05) is 0 Å². The standard InChI is InChI=1S/C13H21N3O5/c1-12(2,3)20-10(18)9(16-14)8(17)7-15-11(19)21-13(4,5)6/h7H2,1-6H3,(H,15,19). The van der Waals surface area contributed by atoms with Crippen LogP contribution in [0.5, 0.6) is 0 Å². The first-order valence-electron chi connectivity index (χ1n) is 6.31. The molecule has 0 aliphatic carbocycles. The fourth-order valence-corrected chi connectivity index (χ4v) is 1.09. The molecular weight excluding hydrogens is 278 g/mol. The van der Waals surface area contributed by atoms with Crippen LogP contribution in [0.4, 0.5) is 4.79 Å². The summed E-state index contributed by atoms with van der Waals surface area (Å²) in [6, 6.07) is 0. The number of rotatable bonds is 4. The minimum Gasteiger partial charge on any atom is -0.451 e. The van der Waals surface area contributed by atoms with Gasteiger partial charge in [0.2, 0.25) is 0 Å². The number of ketones is 1. The van der Waals surface area contributed by atoms with Gasteiger partial charge >= 0.3 is 17.8 Å². The first kappa shape index (κ1) is 18.8. The van der Waals surface area contributed by atoms with Crippen molar-refractivity contribution in [2.75, 3.05) is 6.54 Å². The highest BCUT2D eigenvalue weighted by Crippen LogP contribution is 2.08. The van der Waals surface area contributed by atoms with E-state index < -0.39 is 41.3 Å². The molecule has 1 amide bonds. The van der Waals surface area contributed by atoms with E-state index in [1.165, 1.54) is 0 Å². The SMILES string of the molecule is CC(C)(C)OC(=O)NCC(=O)C(=[N+]=[N-])C(=O)OC(C)(C)C. The van der Waals surface area contributed by atoms with Gasteiger partial charge in [-0.05, 0) is 41.5 Å². The van der Waals surface area contributed by atoms with Crippen LogP contribution < -0.4 is 5.32 Å². The summed E-state index contributed by atoms with van der Waals surface area (Å²) in [4.78, 5) is 37.3. The summed E-state index contributed by atoms with van der Waals surface area (Å²) in [6.45, 7) is 9.24. The second-order valence-electron chi connectivity index (χ2n) is 6.23. The van der Waals surface area contributed by atoms with Gasteiger partial charge in [-0.1, -0.05) is 0 Å². The van der Waals surface area contributed by atoms with Crippen LogP contribution >= 0.6 is 0 Å². The highest BCUT2D eigenvalue weighted by molar-refractivity contribution is 6.62. The fraction of sp³-hybridized carbons (Fsp3) is 0.692. The number of hydrogen-bond donors (Lipinski definition) is 1. The molecule has 8 heteroatoms. The number of ether oxygens (including phenoxy) is 2. The Morgan fingerprint density at radius 2 is 1.48 bits per heavy atom. The molecule has 0 aliphatic rings. The number of amides is 1. The highest BCUT2D eigenvalue weighted by Gasteiger charge is 2.34. The Hall–Kier alpha value is -2.21. The number of carbonyl (C=O) groups excluding carboxylic acids is 3. The Morgan fingerprint density at radius 3 is 1.86 bits per heavy atom. The van der Waals surface area contributed by atoms with Crippen molar-refractivity contribution in [1.29, 1.82) is 0 Å². The fourth-order valence-electron chi connectivity index (χ4n) is 1.09. The topological polar surface area (TPSA) is 118 Å². The molecule has 21 heavy (non-hydrogen) atoms. The van der Waals surface area contributed by atoms with Gasteiger partial charge in [0.15, 0.2) is 0 Å². The summed E-state index contributed by atoms with van der Waals surface area (Å²) in [6.07, 6.45) is -0.822. The van der Waals surface area contributed by atoms with Crippen LogP contribution in [0.25, 0.3) is 5.53 Å². The maximum absolute atomic E-state index is 11.7. The zero-order valence-corrected chi connectivity index (χ0v) is 13.1. The van der Waals surface area contributed by atoms with E-state index in [0.29, 0.717) is 0 Å². The number of carbonyl (C=O) groups is 3. The van der Waals surface area contributed by atoms with Crippen molar-refractivity contribution in [2.45, 2.75) is 52.7 Å². The van der Waals surface area contributed by atoms with Crippen molar-refractivity contribution < 1.29 is 28.6 Å². The molecule has 0 rings (SSSR count). The average molecular weight is 299 g/mol. The molecule has 0 atom stereocenters. The zero-order valence-electron chi connectivity index (χ0n) is 13.1. The number of nitrogens with zero attached hydrogens (tertiary/aromatic N) is 2. The number of esters is 1. The molecule has 118 valence electrons. The normalized spacial score (nSPS) is 11.1. The quantitative estimate of drug-likeness (QED) is 0.274. The number of nitrogens with one attached hydrogen (secondary N) is 1. The number of hydrogen-bond acceptors (Lipinski definition) is 5. The van der Waals surface area contributed by atoms with E-state index in [4.69, 9.17) is 15.0 Å². The number of alkyl carbamates (subject to hydrolysis) is 1. The van der Waals surface area contributed by atoms with E-state index in [1.54, 1.807) is 41.5 Å². The Labute approximate surface area is 123 Å². The van der Waals surface area contributed by atoms with Crippen LogP contribution in [-0.2, 0) is 19.1 Å². The van der Waals surface area contributed by atoms with E-state index in [9.17, 15) is 14.4 Å². The summed E-state index contributed by atoms with van der Waals surface area (Å²) in [5, 5.41) is 2.16. The summed E-state index contributed by atoms with van der Waals surface area (Å²) in [5.74, 6) is -1.96. The van der Waals surface area contributed by atoms with Gasteiger partial charge in [0.25, 0.3) is 5.78 Å². The monoisotopic (exact) mass is 299 g/mol. The largest absolute Gasteiger partial charge is 0.451 e. The van der Waals surface area contributed by atoms with Gasteiger partial charge in [-0.2, -0.15) is 4.79 Å². The summed E-state index contributed by atoms with van der Waals surface area (Å²) in [5.41, 5.74) is 6.39. The van der Waals surface area contributed by atoms with Crippen molar-refractivity contribution in [3.8, 4) is 0 Å². The predicted molar refractivity (Wildman–Crippen MR) is 73.7 cm³/mol. The van der Waals surface area contributed by atoms with Crippen LogP contribution in [0.3, 0.4) is 0 Å². The molecule has 0 fully saturated rings. The Morgan fingerprint density at radius 1 is 1.00 bits per heavy atom. The second-order valence-corrected chi connectivity index (χ2v) is 6.23. The Bertz CT molecular complexity index is 479. The molecule has 0 aromatic heterocycles. The van der Waals surface area contributed by atoms with Crippen LogP contribution in [0.1, 0.15) is 41.5 Å². The first-order valence-corrected chi connectivity index (χ1v) is 6.31. The summed E-state index contributed by atoms with van der Waals surface area (Å²) >= 11 is 0. The maximum atomic E-state index is 11.7. The van der Waals surface area contributed by atoms with Gasteiger partial charge in [-0.3, -0.25) is 4.79 Å². The van der Waals surface area contributed by atoms with Gasteiger partial charge in [-0.25, -0.2) is 9.59 Å². The third kappa shape index (κ3) is 8.54. The van der Waals surface area contributed by atoms with E-state index >= 15 is 0 Å². The molecule has 0 spiro atoms. The minimum absolute atomic E-state index is 0.548. The lowest BCUT2D eigenvalue weighted by Gasteiger charge is -2.19. The van der Waals surface area contributed by atoms with Gasteiger partial charge < -0.3 is 20.3 Å². The molecule has 0 saturated heterocycles. The molecule has 0 aromatic carbocycles. The van der Waals surface area contributed by atoms with Gasteiger partial charge in [0, 0.05) is 0 Å². The van der Waals surface area contributed by atoms with Crippen molar-refractivity contribution in [3.05, 3.63) is 5.53 Å². The van der Waals surface area contributed by atoms with Crippen molar-refractivity contribution >= 4 is 23.6 Å². The van der Waals surface area contributed by atoms with Crippen molar-refractivity contribution in [1.82, 2.24) is 5.32 Å². The van der Waals surface area contributed by atoms with E-state index in [0.717, 1.165) is 0 Å². The lowest BCUT2D eigenvalue weighted by atomic mass is 10.2. The molecule has 0 heterocycles. The summed E-state index contributed by atoms with van der Waals surface area (Å²) < 4.78 is 9.83.